The van der Waals surface area contributed by atoms with Crippen molar-refractivity contribution >= 4 is 27.5 Å². The van der Waals surface area contributed by atoms with Gasteiger partial charge in [-0.1, -0.05) is 33.8 Å². The van der Waals surface area contributed by atoms with E-state index in [-0.39, 0.29) is 22.6 Å². The molecule has 6 nitrogen and oxygen atoms in total. The number of anilines is 1. The van der Waals surface area contributed by atoms with Crippen molar-refractivity contribution in [3.05, 3.63) is 24.3 Å². The Kier molecular flexibility index (Phi) is 4.70. The third-order valence-electron chi connectivity index (χ3n) is 7.88. The standard InChI is InChI=1S/C22H30N2O4S/c1-15-9-12-23(13-10-15)29(27,28)17-7-5-6-16(14-17)24-19(25)18-8-11-22(4,20(24)26)21(18,2)3/h5-7,14-15,18H,8-13H2,1-4H3/t18-,22+/m1/s1. The molecule has 158 valence electrons. The normalized spacial score (nSPS) is 30.8. The second-order valence-corrected chi connectivity index (χ2v) is 11.6. The number of piperidine rings is 2. The van der Waals surface area contributed by atoms with Crippen molar-refractivity contribution < 1.29 is 18.0 Å². The number of sulfonamides is 1. The summed E-state index contributed by atoms with van der Waals surface area (Å²) in [6.07, 6.45) is 3.05. The summed E-state index contributed by atoms with van der Waals surface area (Å²) in [4.78, 5) is 28.0. The number of hydrogen-bond donors (Lipinski definition) is 0. The van der Waals surface area contributed by atoms with E-state index in [1.807, 2.05) is 20.8 Å². The van der Waals surface area contributed by atoms with Gasteiger partial charge in [0.2, 0.25) is 21.8 Å². The fourth-order valence-corrected chi connectivity index (χ4v) is 6.73. The zero-order chi connectivity index (χ0) is 21.2. The number of hydrogen-bond acceptors (Lipinski definition) is 4. The predicted octanol–water partition coefficient (Wildman–Crippen LogP) is 3.42. The summed E-state index contributed by atoms with van der Waals surface area (Å²) in [5, 5.41) is 0. The molecule has 2 saturated heterocycles. The second kappa shape index (κ2) is 6.64. The molecule has 2 amide bonds. The summed E-state index contributed by atoms with van der Waals surface area (Å²) < 4.78 is 27.8. The van der Waals surface area contributed by atoms with Crippen molar-refractivity contribution in [3.8, 4) is 0 Å². The highest BCUT2D eigenvalue weighted by Crippen LogP contribution is 2.60. The zero-order valence-electron chi connectivity index (χ0n) is 17.6. The van der Waals surface area contributed by atoms with E-state index >= 15 is 0 Å². The third-order valence-corrected chi connectivity index (χ3v) is 9.77. The minimum absolute atomic E-state index is 0.146. The van der Waals surface area contributed by atoms with Gasteiger partial charge in [-0.2, -0.15) is 4.31 Å². The van der Waals surface area contributed by atoms with E-state index in [0.29, 0.717) is 37.5 Å². The highest BCUT2D eigenvalue weighted by Gasteiger charge is 2.64. The van der Waals surface area contributed by atoms with Crippen LogP contribution in [0.5, 0.6) is 0 Å². The number of carbonyl (C=O) groups excluding carboxylic acids is 2. The van der Waals surface area contributed by atoms with Gasteiger partial charge in [0.1, 0.15) is 0 Å². The molecule has 3 aliphatic rings. The largest absolute Gasteiger partial charge is 0.274 e. The van der Waals surface area contributed by atoms with Crippen LogP contribution >= 0.6 is 0 Å². The van der Waals surface area contributed by atoms with Crippen LogP contribution in [0.15, 0.2) is 29.2 Å². The highest BCUT2D eigenvalue weighted by atomic mass is 32.2. The van der Waals surface area contributed by atoms with E-state index in [9.17, 15) is 18.0 Å². The lowest BCUT2D eigenvalue weighted by Gasteiger charge is -2.47. The van der Waals surface area contributed by atoms with Gasteiger partial charge in [0, 0.05) is 19.0 Å². The Morgan fingerprint density at radius 1 is 1.03 bits per heavy atom. The van der Waals surface area contributed by atoms with E-state index in [1.54, 1.807) is 18.2 Å². The SMILES string of the molecule is CC1CCN(S(=O)(=O)c2cccc(N3C(=O)[C@H]4CC[C@@](C)(C3=O)C4(C)C)c2)CC1. The predicted molar refractivity (Wildman–Crippen MR) is 111 cm³/mol. The molecule has 29 heavy (non-hydrogen) atoms. The van der Waals surface area contributed by atoms with Crippen LogP contribution in [-0.4, -0.2) is 37.6 Å². The molecule has 3 fully saturated rings. The van der Waals surface area contributed by atoms with E-state index in [4.69, 9.17) is 0 Å². The van der Waals surface area contributed by atoms with Crippen molar-refractivity contribution in [3.63, 3.8) is 0 Å². The first-order valence-corrected chi connectivity index (χ1v) is 11.9. The lowest BCUT2D eigenvalue weighted by molar-refractivity contribution is -0.146. The second-order valence-electron chi connectivity index (χ2n) is 9.71. The molecule has 1 aliphatic carbocycles. The van der Waals surface area contributed by atoms with Crippen molar-refractivity contribution in [2.75, 3.05) is 18.0 Å². The van der Waals surface area contributed by atoms with E-state index in [2.05, 4.69) is 6.92 Å². The molecule has 0 aromatic heterocycles. The Balaban J connectivity index is 1.70. The van der Waals surface area contributed by atoms with Gasteiger partial charge in [0.15, 0.2) is 0 Å². The summed E-state index contributed by atoms with van der Waals surface area (Å²) in [6, 6.07) is 6.33. The maximum Gasteiger partial charge on any atom is 0.243 e. The molecule has 1 aromatic carbocycles. The van der Waals surface area contributed by atoms with Crippen LogP contribution in [0.1, 0.15) is 53.4 Å². The van der Waals surface area contributed by atoms with Gasteiger partial charge < -0.3 is 0 Å². The van der Waals surface area contributed by atoms with Crippen LogP contribution in [0.2, 0.25) is 0 Å². The van der Waals surface area contributed by atoms with Gasteiger partial charge >= 0.3 is 0 Å². The number of carbonyl (C=O) groups is 2. The lowest BCUT2D eigenvalue weighted by Crippen LogP contribution is -2.59. The molecule has 0 unspecified atom stereocenters. The third kappa shape index (κ3) is 2.88. The van der Waals surface area contributed by atoms with Gasteiger partial charge in [0.25, 0.3) is 0 Å². The summed E-state index contributed by atoms with van der Waals surface area (Å²) in [5.74, 6) is -0.135. The molecule has 0 radical (unpaired) electrons. The van der Waals surface area contributed by atoms with Crippen LogP contribution in [0.4, 0.5) is 5.69 Å². The summed E-state index contributed by atoms with van der Waals surface area (Å²) in [6.45, 7) is 9.07. The zero-order valence-corrected chi connectivity index (χ0v) is 18.5. The Hall–Kier alpha value is -1.73. The molecule has 7 heteroatoms. The molecular weight excluding hydrogens is 388 g/mol. The Labute approximate surface area is 173 Å². The van der Waals surface area contributed by atoms with Crippen LogP contribution < -0.4 is 4.90 Å². The number of rotatable bonds is 3. The van der Waals surface area contributed by atoms with Crippen LogP contribution in [0.3, 0.4) is 0 Å². The molecule has 1 aromatic rings. The highest BCUT2D eigenvalue weighted by molar-refractivity contribution is 7.89. The molecule has 0 N–H and O–H groups in total. The monoisotopic (exact) mass is 418 g/mol. The van der Waals surface area contributed by atoms with Crippen LogP contribution in [-0.2, 0) is 19.6 Å². The van der Waals surface area contributed by atoms with Gasteiger partial charge in [-0.3, -0.25) is 9.59 Å². The van der Waals surface area contributed by atoms with E-state index in [0.717, 1.165) is 12.8 Å². The van der Waals surface area contributed by atoms with Gasteiger partial charge in [-0.05, 0) is 55.2 Å². The first kappa shape index (κ1) is 20.5. The number of amides is 2. The summed E-state index contributed by atoms with van der Waals surface area (Å²) in [7, 11) is -3.65. The summed E-state index contributed by atoms with van der Waals surface area (Å²) in [5.41, 5.74) is -0.657. The number of nitrogens with zero attached hydrogens (tertiary/aromatic N) is 2. The molecule has 4 rings (SSSR count). The first-order chi connectivity index (χ1) is 13.5. The topological polar surface area (TPSA) is 74.8 Å². The number of benzene rings is 1. The fraction of sp³-hybridized carbons (Fsp3) is 0.636. The summed E-state index contributed by atoms with van der Waals surface area (Å²) >= 11 is 0. The Morgan fingerprint density at radius 2 is 1.69 bits per heavy atom. The molecule has 2 aliphatic heterocycles. The number of fused-ring (bicyclic) bond motifs is 2. The first-order valence-electron chi connectivity index (χ1n) is 10.5. The fourth-order valence-electron chi connectivity index (χ4n) is 5.22. The van der Waals surface area contributed by atoms with Crippen LogP contribution in [0.25, 0.3) is 0 Å². The quantitative estimate of drug-likeness (QED) is 0.705. The van der Waals surface area contributed by atoms with E-state index < -0.39 is 20.9 Å². The number of imide groups is 1. The molecule has 1 saturated carbocycles. The van der Waals surface area contributed by atoms with E-state index in [1.165, 1.54) is 15.3 Å². The maximum atomic E-state index is 13.4. The van der Waals surface area contributed by atoms with Crippen molar-refractivity contribution in [2.45, 2.75) is 58.3 Å². The van der Waals surface area contributed by atoms with Crippen molar-refractivity contribution in [2.24, 2.45) is 22.7 Å². The molecule has 0 spiro atoms. The minimum atomic E-state index is -3.65. The smallest absolute Gasteiger partial charge is 0.243 e. The lowest BCUT2D eigenvalue weighted by atomic mass is 9.62. The van der Waals surface area contributed by atoms with Crippen LogP contribution in [0, 0.1) is 22.7 Å². The van der Waals surface area contributed by atoms with Gasteiger partial charge in [0.05, 0.1) is 16.0 Å². The molecule has 2 atom stereocenters. The van der Waals surface area contributed by atoms with Crippen molar-refractivity contribution in [1.29, 1.82) is 0 Å². The average molecular weight is 419 g/mol. The molecular formula is C22H30N2O4S. The molecule has 2 heterocycles. The minimum Gasteiger partial charge on any atom is -0.274 e. The molecule has 2 bridgehead atoms. The average Bonchev–Trinajstić information content (AvgIpc) is 2.85. The van der Waals surface area contributed by atoms with Gasteiger partial charge in [-0.15, -0.1) is 0 Å². The van der Waals surface area contributed by atoms with Crippen molar-refractivity contribution in [1.82, 2.24) is 4.31 Å². The Bertz CT molecular complexity index is 963. The maximum absolute atomic E-state index is 13.4. The Morgan fingerprint density at radius 3 is 2.34 bits per heavy atom. The van der Waals surface area contributed by atoms with Gasteiger partial charge in [-0.25, -0.2) is 13.3 Å².